The largest absolute Gasteiger partial charge is 0.390 e. The maximum absolute atomic E-state index is 13.0. The number of nitro groups is 1. The molecule has 0 fully saturated rings. The van der Waals surface area contributed by atoms with Crippen molar-refractivity contribution in [1.29, 1.82) is 0 Å². The zero-order chi connectivity index (χ0) is 21.7. The van der Waals surface area contributed by atoms with Crippen molar-refractivity contribution in [3.8, 4) is 11.4 Å². The van der Waals surface area contributed by atoms with Gasteiger partial charge in [0.2, 0.25) is 11.7 Å². The van der Waals surface area contributed by atoms with E-state index in [4.69, 9.17) is 4.52 Å². The van der Waals surface area contributed by atoms with Crippen LogP contribution in [-0.4, -0.2) is 49.7 Å². The van der Waals surface area contributed by atoms with Crippen LogP contribution in [0, 0.1) is 22.9 Å². The highest BCUT2D eigenvalue weighted by Crippen LogP contribution is 2.16. The first-order valence-electron chi connectivity index (χ1n) is 8.67. The quantitative estimate of drug-likeness (QED) is 0.310. The lowest BCUT2D eigenvalue weighted by atomic mass is 10.2. The number of halogens is 1. The number of aryl methyl sites for hydroxylation is 1. The summed E-state index contributed by atoms with van der Waals surface area (Å²) in [5.74, 6) is -1.96. The highest BCUT2D eigenvalue weighted by Gasteiger charge is 2.18. The number of nitrogens with one attached hydrogen (secondary N) is 2. The molecule has 0 aliphatic heterocycles. The summed E-state index contributed by atoms with van der Waals surface area (Å²) >= 11 is 0. The summed E-state index contributed by atoms with van der Waals surface area (Å²) in [5.41, 5.74) is 0.958. The second-order valence-electron chi connectivity index (χ2n) is 6.09. The van der Waals surface area contributed by atoms with Gasteiger partial charge in [-0.15, -0.1) is 0 Å². The second kappa shape index (κ2) is 8.89. The second-order valence-corrected chi connectivity index (χ2v) is 6.09. The zero-order valence-electron chi connectivity index (χ0n) is 15.7. The molecular weight excluding hydrogens is 401 g/mol. The van der Waals surface area contributed by atoms with Crippen molar-refractivity contribution in [2.75, 3.05) is 13.1 Å². The van der Waals surface area contributed by atoms with Crippen LogP contribution in [0.5, 0.6) is 0 Å². The Kier molecular flexibility index (Phi) is 6.10. The summed E-state index contributed by atoms with van der Waals surface area (Å²) < 4.78 is 19.0. The predicted molar refractivity (Wildman–Crippen MR) is 98.7 cm³/mol. The Morgan fingerprint density at radius 1 is 1.23 bits per heavy atom. The van der Waals surface area contributed by atoms with E-state index in [0.29, 0.717) is 11.3 Å². The van der Waals surface area contributed by atoms with Crippen LogP contribution in [-0.2, 0) is 11.3 Å². The smallest absolute Gasteiger partial charge is 0.358 e. The van der Waals surface area contributed by atoms with E-state index in [1.54, 1.807) is 6.92 Å². The van der Waals surface area contributed by atoms with E-state index >= 15 is 0 Å². The molecular formula is C17H16FN7O5. The number of carbonyl (C=O) groups excluding carboxylic acids is 2. The average Bonchev–Trinajstić information content (AvgIpc) is 3.33. The fourth-order valence-corrected chi connectivity index (χ4v) is 2.42. The standard InChI is InChI=1S/C17H16FN7O5/c1-10-8-13(25(28)29)22-24(10)9-14(26)19-6-7-20-16(27)17-21-15(23-30-17)11-2-4-12(18)5-3-11/h2-5,8H,6-7,9H2,1H3,(H,19,26)(H,20,27). The molecule has 0 bridgehead atoms. The molecule has 2 N–H and O–H groups in total. The molecule has 2 aromatic heterocycles. The fraction of sp³-hybridized carbons (Fsp3) is 0.235. The van der Waals surface area contributed by atoms with Crippen molar-refractivity contribution in [3.05, 3.63) is 57.8 Å². The van der Waals surface area contributed by atoms with E-state index in [-0.39, 0.29) is 37.2 Å². The number of carbonyl (C=O) groups is 2. The van der Waals surface area contributed by atoms with Gasteiger partial charge in [-0.05, 0) is 36.1 Å². The van der Waals surface area contributed by atoms with Crippen molar-refractivity contribution in [2.24, 2.45) is 0 Å². The topological polar surface area (TPSA) is 158 Å². The molecule has 0 unspecified atom stereocenters. The molecule has 156 valence electrons. The van der Waals surface area contributed by atoms with Crippen LogP contribution < -0.4 is 10.6 Å². The molecule has 0 saturated heterocycles. The summed E-state index contributed by atoms with van der Waals surface area (Å²) in [4.78, 5) is 37.9. The van der Waals surface area contributed by atoms with Gasteiger partial charge < -0.3 is 25.3 Å². The van der Waals surface area contributed by atoms with E-state index < -0.39 is 22.6 Å². The molecule has 0 radical (unpaired) electrons. The van der Waals surface area contributed by atoms with Gasteiger partial charge >= 0.3 is 17.6 Å². The minimum Gasteiger partial charge on any atom is -0.358 e. The molecule has 13 heteroatoms. The normalized spacial score (nSPS) is 10.6. The highest BCUT2D eigenvalue weighted by atomic mass is 19.1. The van der Waals surface area contributed by atoms with Crippen molar-refractivity contribution in [1.82, 2.24) is 30.6 Å². The Labute approximate surface area is 168 Å². The van der Waals surface area contributed by atoms with Crippen LogP contribution in [0.25, 0.3) is 11.4 Å². The fourth-order valence-electron chi connectivity index (χ4n) is 2.42. The third-order valence-corrected chi connectivity index (χ3v) is 3.90. The highest BCUT2D eigenvalue weighted by molar-refractivity contribution is 5.89. The Morgan fingerprint density at radius 2 is 1.93 bits per heavy atom. The number of benzene rings is 1. The predicted octanol–water partition coefficient (Wildman–Crippen LogP) is 0.835. The van der Waals surface area contributed by atoms with Gasteiger partial charge in [-0.25, -0.2) is 4.39 Å². The maximum Gasteiger partial charge on any atom is 0.390 e. The monoisotopic (exact) mass is 417 g/mol. The Morgan fingerprint density at radius 3 is 2.60 bits per heavy atom. The van der Waals surface area contributed by atoms with E-state index in [2.05, 4.69) is 25.9 Å². The minimum absolute atomic E-state index is 0.0804. The molecule has 2 heterocycles. The van der Waals surface area contributed by atoms with Gasteiger partial charge in [-0.1, -0.05) is 5.16 Å². The number of hydrogen-bond acceptors (Lipinski definition) is 8. The van der Waals surface area contributed by atoms with Crippen molar-refractivity contribution in [3.63, 3.8) is 0 Å². The number of nitrogens with zero attached hydrogens (tertiary/aromatic N) is 5. The summed E-state index contributed by atoms with van der Waals surface area (Å²) in [6, 6.07) is 6.63. The molecule has 30 heavy (non-hydrogen) atoms. The lowest BCUT2D eigenvalue weighted by Crippen LogP contribution is -2.36. The van der Waals surface area contributed by atoms with Gasteiger partial charge in [0, 0.05) is 18.7 Å². The lowest BCUT2D eigenvalue weighted by molar-refractivity contribution is -0.389. The summed E-state index contributed by atoms with van der Waals surface area (Å²) in [7, 11) is 0. The first-order chi connectivity index (χ1) is 14.3. The molecule has 1 aromatic carbocycles. The Hall–Kier alpha value is -4.16. The third-order valence-electron chi connectivity index (χ3n) is 3.90. The third kappa shape index (κ3) is 5.01. The van der Waals surface area contributed by atoms with Crippen LogP contribution in [0.1, 0.15) is 16.4 Å². The lowest BCUT2D eigenvalue weighted by Gasteiger charge is -2.05. The molecule has 3 aromatic rings. The van der Waals surface area contributed by atoms with Gasteiger partial charge in [-0.3, -0.25) is 9.59 Å². The molecule has 0 spiro atoms. The van der Waals surface area contributed by atoms with Crippen LogP contribution in [0.3, 0.4) is 0 Å². The van der Waals surface area contributed by atoms with E-state index in [1.165, 1.54) is 35.0 Å². The summed E-state index contributed by atoms with van der Waals surface area (Å²) in [6.07, 6.45) is 0. The maximum atomic E-state index is 13.0. The molecule has 0 saturated carbocycles. The van der Waals surface area contributed by atoms with Crippen molar-refractivity contribution in [2.45, 2.75) is 13.5 Å². The van der Waals surface area contributed by atoms with Crippen LogP contribution in [0.15, 0.2) is 34.9 Å². The minimum atomic E-state index is -0.643. The van der Waals surface area contributed by atoms with E-state index in [9.17, 15) is 24.1 Å². The summed E-state index contributed by atoms with van der Waals surface area (Å²) in [6.45, 7) is 1.58. The zero-order valence-corrected chi connectivity index (χ0v) is 15.7. The Bertz CT molecular complexity index is 1080. The van der Waals surface area contributed by atoms with Gasteiger partial charge in [0.1, 0.15) is 12.4 Å². The van der Waals surface area contributed by atoms with Gasteiger partial charge in [0.25, 0.3) is 0 Å². The molecule has 12 nitrogen and oxygen atoms in total. The molecule has 0 aliphatic carbocycles. The SMILES string of the molecule is Cc1cc([N+](=O)[O-])nn1CC(=O)NCCNC(=O)c1nc(-c2ccc(F)cc2)no1. The molecule has 3 rings (SSSR count). The number of rotatable bonds is 8. The van der Waals surface area contributed by atoms with Crippen molar-refractivity contribution < 1.29 is 23.4 Å². The molecule has 0 atom stereocenters. The Balaban J connectivity index is 1.44. The van der Waals surface area contributed by atoms with Crippen LogP contribution in [0.2, 0.25) is 0 Å². The van der Waals surface area contributed by atoms with Crippen LogP contribution >= 0.6 is 0 Å². The number of hydrogen-bond donors (Lipinski definition) is 2. The van der Waals surface area contributed by atoms with Crippen LogP contribution in [0.4, 0.5) is 10.2 Å². The van der Waals surface area contributed by atoms with Gasteiger partial charge in [-0.2, -0.15) is 9.67 Å². The molecule has 2 amide bonds. The first-order valence-corrected chi connectivity index (χ1v) is 8.67. The van der Waals surface area contributed by atoms with Crippen molar-refractivity contribution >= 4 is 17.6 Å². The average molecular weight is 417 g/mol. The first kappa shape index (κ1) is 20.6. The summed E-state index contributed by atoms with van der Waals surface area (Å²) in [5, 5.41) is 23.1. The number of amides is 2. The number of aromatic nitrogens is 4. The van der Waals surface area contributed by atoms with Gasteiger partial charge in [0.05, 0.1) is 16.9 Å². The van der Waals surface area contributed by atoms with E-state index in [0.717, 1.165) is 0 Å². The van der Waals surface area contributed by atoms with E-state index in [1.807, 2.05) is 0 Å². The van der Waals surface area contributed by atoms with Gasteiger partial charge in [0.15, 0.2) is 0 Å². The molecule has 0 aliphatic rings.